The summed E-state index contributed by atoms with van der Waals surface area (Å²) in [5.41, 5.74) is 11.3. The molecule has 4 N–H and O–H groups in total. The topological polar surface area (TPSA) is 64.4 Å². The summed E-state index contributed by atoms with van der Waals surface area (Å²) in [5.74, 6) is -0.413. The van der Waals surface area contributed by atoms with Crippen LogP contribution in [0.5, 0.6) is 0 Å². The lowest BCUT2D eigenvalue weighted by atomic mass is 10.1. The molecule has 0 aliphatic carbocycles. The van der Waals surface area contributed by atoms with Crippen LogP contribution in [0.3, 0.4) is 0 Å². The summed E-state index contributed by atoms with van der Waals surface area (Å²) >= 11 is 0. The predicted octanol–water partition coefficient (Wildman–Crippen LogP) is 1.12. The van der Waals surface area contributed by atoms with Gasteiger partial charge in [-0.3, -0.25) is 0 Å². The van der Waals surface area contributed by atoms with E-state index >= 15 is 0 Å². The molecule has 0 heterocycles. The van der Waals surface area contributed by atoms with Gasteiger partial charge in [-0.1, -0.05) is 13.8 Å². The summed E-state index contributed by atoms with van der Waals surface area (Å²) in [5, 5.41) is 0. The lowest BCUT2D eigenvalue weighted by Gasteiger charge is -2.05. The van der Waals surface area contributed by atoms with Crippen LogP contribution in [0.25, 0.3) is 0 Å². The first-order chi connectivity index (χ1) is 4.95. The Morgan fingerprint density at radius 1 is 1.36 bits per heavy atom. The molecule has 0 bridgehead atoms. The molecule has 0 saturated carbocycles. The van der Waals surface area contributed by atoms with Gasteiger partial charge >= 0.3 is 0 Å². The van der Waals surface area contributed by atoms with Crippen molar-refractivity contribution < 1.29 is 4.39 Å². The highest BCUT2D eigenvalue weighted by molar-refractivity contribution is 5.72. The molecule has 4 heteroatoms. The van der Waals surface area contributed by atoms with Crippen molar-refractivity contribution >= 4 is 5.97 Å². The molecular weight excluding hydrogens is 145 g/mol. The fourth-order valence-corrected chi connectivity index (χ4v) is 0.526. The van der Waals surface area contributed by atoms with Crippen LogP contribution in [-0.2, 0) is 0 Å². The van der Waals surface area contributed by atoms with Crippen molar-refractivity contribution in [2.75, 3.05) is 0 Å². The first-order valence-corrected chi connectivity index (χ1v) is 3.41. The minimum atomic E-state index is -0.578. The van der Waals surface area contributed by atoms with Crippen LogP contribution in [0.4, 0.5) is 4.39 Å². The normalized spacial score (nSPS) is 15.2. The van der Waals surface area contributed by atoms with E-state index in [1.165, 1.54) is 6.92 Å². The average Bonchev–Trinajstić information content (AvgIpc) is 1.84. The average molecular weight is 159 g/mol. The standard InChI is InChI=1S/C7H14FN3/c1-4(2)6(9)7(10)11-5(3)8/h4H,9-10H2,1-3H3/b7-6+,11-5?. The van der Waals surface area contributed by atoms with Crippen LogP contribution in [0, 0.1) is 5.92 Å². The van der Waals surface area contributed by atoms with Crippen molar-refractivity contribution in [2.45, 2.75) is 20.8 Å². The van der Waals surface area contributed by atoms with Crippen molar-refractivity contribution in [1.82, 2.24) is 0 Å². The fourth-order valence-electron chi connectivity index (χ4n) is 0.526. The van der Waals surface area contributed by atoms with Gasteiger partial charge in [0.2, 0.25) is 0 Å². The van der Waals surface area contributed by atoms with Crippen LogP contribution in [-0.4, -0.2) is 5.97 Å². The number of nitrogens with two attached hydrogens (primary N) is 2. The molecule has 0 aromatic heterocycles. The van der Waals surface area contributed by atoms with Gasteiger partial charge in [-0.25, -0.2) is 4.99 Å². The van der Waals surface area contributed by atoms with E-state index in [0.29, 0.717) is 5.70 Å². The van der Waals surface area contributed by atoms with E-state index in [2.05, 4.69) is 4.99 Å². The number of nitrogens with zero attached hydrogens (tertiary/aromatic N) is 1. The first kappa shape index (κ1) is 9.94. The minimum Gasteiger partial charge on any atom is -0.399 e. The van der Waals surface area contributed by atoms with Crippen LogP contribution < -0.4 is 11.5 Å². The van der Waals surface area contributed by atoms with Gasteiger partial charge in [-0.2, -0.15) is 4.39 Å². The Morgan fingerprint density at radius 3 is 2.09 bits per heavy atom. The zero-order valence-electron chi connectivity index (χ0n) is 7.06. The Bertz CT molecular complexity index is 190. The molecule has 0 fully saturated rings. The Balaban J connectivity index is 4.54. The molecule has 0 spiro atoms. The number of hydrogen-bond acceptors (Lipinski definition) is 3. The molecule has 64 valence electrons. The van der Waals surface area contributed by atoms with Crippen molar-refractivity contribution in [3.8, 4) is 0 Å². The van der Waals surface area contributed by atoms with Gasteiger partial charge < -0.3 is 11.5 Å². The van der Waals surface area contributed by atoms with Gasteiger partial charge in [0.05, 0.1) is 5.70 Å². The summed E-state index contributed by atoms with van der Waals surface area (Å²) in [7, 11) is 0. The maximum absolute atomic E-state index is 12.2. The third kappa shape index (κ3) is 3.60. The minimum absolute atomic E-state index is 0.0694. The summed E-state index contributed by atoms with van der Waals surface area (Å²) in [4.78, 5) is 3.38. The molecule has 3 nitrogen and oxygen atoms in total. The molecule has 0 saturated heterocycles. The number of aliphatic imine (C=N–C) groups is 1. The molecule has 0 aliphatic heterocycles. The molecule has 0 aromatic carbocycles. The maximum atomic E-state index is 12.2. The third-order valence-corrected chi connectivity index (χ3v) is 1.19. The highest BCUT2D eigenvalue weighted by Crippen LogP contribution is 2.06. The monoisotopic (exact) mass is 159 g/mol. The van der Waals surface area contributed by atoms with E-state index in [1.807, 2.05) is 13.8 Å². The van der Waals surface area contributed by atoms with Crippen molar-refractivity contribution in [1.29, 1.82) is 0 Å². The Labute approximate surface area is 66.0 Å². The Kier molecular flexibility index (Phi) is 3.57. The molecule has 0 rings (SSSR count). The SMILES string of the molecule is CC(F)=N/C(N)=C(/N)C(C)C. The molecular formula is C7H14FN3. The largest absolute Gasteiger partial charge is 0.399 e. The van der Waals surface area contributed by atoms with Crippen LogP contribution in [0.2, 0.25) is 0 Å². The van der Waals surface area contributed by atoms with Crippen LogP contribution in [0.15, 0.2) is 16.5 Å². The second kappa shape index (κ2) is 3.95. The Morgan fingerprint density at radius 2 is 1.82 bits per heavy atom. The molecule has 0 unspecified atom stereocenters. The van der Waals surface area contributed by atoms with Gasteiger partial charge in [0.1, 0.15) is 5.82 Å². The fraction of sp³-hybridized carbons (Fsp3) is 0.571. The Hall–Kier alpha value is -1.06. The van der Waals surface area contributed by atoms with Crippen LogP contribution >= 0.6 is 0 Å². The number of hydrogen-bond donors (Lipinski definition) is 2. The van der Waals surface area contributed by atoms with Crippen LogP contribution in [0.1, 0.15) is 20.8 Å². The lowest BCUT2D eigenvalue weighted by Crippen LogP contribution is -2.13. The molecule has 0 aromatic rings. The van der Waals surface area contributed by atoms with Crippen molar-refractivity contribution in [3.05, 3.63) is 11.5 Å². The smallest absolute Gasteiger partial charge is 0.187 e. The second-order valence-corrected chi connectivity index (χ2v) is 2.60. The van der Waals surface area contributed by atoms with Gasteiger partial charge in [0.15, 0.2) is 5.97 Å². The first-order valence-electron chi connectivity index (χ1n) is 3.41. The van der Waals surface area contributed by atoms with Crippen molar-refractivity contribution in [3.63, 3.8) is 0 Å². The summed E-state index contributed by atoms with van der Waals surface area (Å²) in [6, 6.07) is 0. The number of allylic oxidation sites excluding steroid dienone is 1. The van der Waals surface area contributed by atoms with Gasteiger partial charge in [0, 0.05) is 6.92 Å². The highest BCUT2D eigenvalue weighted by atomic mass is 19.1. The third-order valence-electron chi connectivity index (χ3n) is 1.19. The quantitative estimate of drug-likeness (QED) is 0.593. The van der Waals surface area contributed by atoms with E-state index < -0.39 is 5.97 Å². The molecule has 0 aliphatic rings. The molecule has 0 radical (unpaired) electrons. The highest BCUT2D eigenvalue weighted by Gasteiger charge is 2.02. The molecule has 11 heavy (non-hydrogen) atoms. The lowest BCUT2D eigenvalue weighted by molar-refractivity contribution is 0.733. The van der Waals surface area contributed by atoms with Crippen molar-refractivity contribution in [2.24, 2.45) is 22.4 Å². The maximum Gasteiger partial charge on any atom is 0.187 e. The van der Waals surface area contributed by atoms with E-state index in [0.717, 1.165) is 0 Å². The predicted molar refractivity (Wildman–Crippen MR) is 44.5 cm³/mol. The van der Waals surface area contributed by atoms with E-state index in [1.54, 1.807) is 0 Å². The molecule has 0 amide bonds. The zero-order valence-corrected chi connectivity index (χ0v) is 7.06. The van der Waals surface area contributed by atoms with E-state index in [9.17, 15) is 4.39 Å². The second-order valence-electron chi connectivity index (χ2n) is 2.60. The summed E-state index contributed by atoms with van der Waals surface area (Å²) in [6.07, 6.45) is 0. The van der Waals surface area contributed by atoms with E-state index in [4.69, 9.17) is 11.5 Å². The van der Waals surface area contributed by atoms with Gasteiger partial charge in [-0.15, -0.1) is 0 Å². The number of rotatable bonds is 2. The zero-order chi connectivity index (χ0) is 9.02. The van der Waals surface area contributed by atoms with E-state index in [-0.39, 0.29) is 11.7 Å². The van der Waals surface area contributed by atoms with Gasteiger partial charge in [0.25, 0.3) is 0 Å². The summed E-state index contributed by atoms with van der Waals surface area (Å²) in [6.45, 7) is 4.96. The molecule has 0 atom stereocenters. The van der Waals surface area contributed by atoms with Gasteiger partial charge in [-0.05, 0) is 5.92 Å². The number of halogens is 1. The summed E-state index contributed by atoms with van der Waals surface area (Å²) < 4.78 is 12.2.